The van der Waals surface area contributed by atoms with Crippen LogP contribution in [0.1, 0.15) is 89.8 Å². The first-order chi connectivity index (χ1) is 27.5. The summed E-state index contributed by atoms with van der Waals surface area (Å²) in [4.78, 5) is 0. The Morgan fingerprint density at radius 1 is 0.552 bits per heavy atom. The Hall–Kier alpha value is -4.58. The van der Waals surface area contributed by atoms with Gasteiger partial charge < -0.3 is 0 Å². The summed E-state index contributed by atoms with van der Waals surface area (Å²) in [7, 11) is 0. The number of benzene rings is 6. The summed E-state index contributed by atoms with van der Waals surface area (Å²) in [5.41, 5.74) is 20.4. The molecule has 0 saturated carbocycles. The molecule has 7 aromatic carbocycles. The minimum absolute atomic E-state index is 0.302. The maximum absolute atomic E-state index is 3.35. The molecule has 0 aromatic heterocycles. The molecule has 1 atom stereocenters. The third kappa shape index (κ3) is 9.99. The van der Waals surface area contributed by atoms with Crippen molar-refractivity contribution in [2.45, 2.75) is 89.5 Å². The standard InChI is InChI=1S/C31H29.C15H14.C11H17.Zr/c1-18-11-20(3)30(21(4)12-18)24-7-9-28-26(15-24)17-27-16-25(8-10-29(27)28)31-22(5)13-19(2)14-23(31)6;1-12-3-7-14(8-4-12)11-15-9-5-13(2)6-10-15;1-5-9-6-7-10(8-9)11(2,3)4;/h7-17H,1-6H3;3-10H,1-2H3;7-9H,5H2,1-4H3;/q-1;;-1;+2. The molecule has 1 unspecified atom stereocenters. The summed E-state index contributed by atoms with van der Waals surface area (Å²) in [6, 6.07) is 42.9. The molecule has 0 N–H and O–H groups in total. The Kier molecular flexibility index (Phi) is 13.5. The second kappa shape index (κ2) is 18.1. The molecular weight excluding hydrogens is 776 g/mol. The third-order valence-corrected chi connectivity index (χ3v) is 12.9. The monoisotopic (exact) mass is 834 g/mol. The molecule has 0 fully saturated rings. The van der Waals surface area contributed by atoms with Gasteiger partial charge in [-0.15, -0.1) is 39.7 Å². The molecule has 0 bridgehead atoms. The summed E-state index contributed by atoms with van der Waals surface area (Å²) in [5.74, 6) is 0.573. The molecule has 0 radical (unpaired) electrons. The van der Waals surface area contributed by atoms with Crippen LogP contribution in [0.25, 0.3) is 43.8 Å². The van der Waals surface area contributed by atoms with Crippen molar-refractivity contribution in [3.05, 3.63) is 195 Å². The molecule has 0 heterocycles. The first-order valence-electron chi connectivity index (χ1n) is 20.9. The van der Waals surface area contributed by atoms with Crippen LogP contribution in [-0.4, -0.2) is 3.21 Å². The predicted molar refractivity (Wildman–Crippen MR) is 251 cm³/mol. The topological polar surface area (TPSA) is 0 Å². The molecule has 58 heavy (non-hydrogen) atoms. The third-order valence-electron chi connectivity index (χ3n) is 11.5. The van der Waals surface area contributed by atoms with E-state index in [2.05, 4.69) is 217 Å². The van der Waals surface area contributed by atoms with Gasteiger partial charge in [0.05, 0.1) is 0 Å². The number of hydrogen-bond donors (Lipinski definition) is 0. The molecule has 7 aromatic rings. The van der Waals surface area contributed by atoms with Crippen LogP contribution in [0.2, 0.25) is 0 Å². The van der Waals surface area contributed by atoms with Crippen LogP contribution in [0.4, 0.5) is 0 Å². The van der Waals surface area contributed by atoms with E-state index in [4.69, 9.17) is 0 Å². The summed E-state index contributed by atoms with van der Waals surface area (Å²) in [5, 5.41) is 5.32. The predicted octanol–water partition coefficient (Wildman–Crippen LogP) is 15.7. The van der Waals surface area contributed by atoms with Crippen molar-refractivity contribution in [2.75, 3.05) is 0 Å². The van der Waals surface area contributed by atoms with Gasteiger partial charge in [-0.25, -0.2) is 6.08 Å². The van der Waals surface area contributed by atoms with E-state index in [1.165, 1.54) is 139 Å². The van der Waals surface area contributed by atoms with E-state index in [-0.39, 0.29) is 0 Å². The van der Waals surface area contributed by atoms with Crippen molar-refractivity contribution in [2.24, 2.45) is 11.3 Å². The van der Waals surface area contributed by atoms with Gasteiger partial charge in [-0.2, -0.15) is 11.6 Å². The SMILES string of the molecule is CCC1[C-]=CC(C(C)(C)C)=C1.Cc1cc(C)c(-c2ccc3c(c2)[cH-]c2cc(-c4c(C)cc(C)cc4C)ccc23)c(C)c1.Cc1ccc([C](=[Zr+2])c2ccc(C)cc2)cc1. The van der Waals surface area contributed by atoms with Crippen molar-refractivity contribution in [3.8, 4) is 22.3 Å². The molecule has 0 amide bonds. The summed E-state index contributed by atoms with van der Waals surface area (Å²) >= 11 is 1.46. The molecular formula is C57H60Zr. The quantitative estimate of drug-likeness (QED) is 0.152. The van der Waals surface area contributed by atoms with E-state index in [0.717, 1.165) is 0 Å². The fourth-order valence-corrected chi connectivity index (χ4v) is 9.24. The Labute approximate surface area is 364 Å². The van der Waals surface area contributed by atoms with Gasteiger partial charge in [0.15, 0.2) is 0 Å². The van der Waals surface area contributed by atoms with E-state index in [0.29, 0.717) is 11.3 Å². The summed E-state index contributed by atoms with van der Waals surface area (Å²) in [6.07, 6.45) is 9.00. The Bertz CT molecular complexity index is 2440. The fourth-order valence-electron chi connectivity index (χ4n) is 8.42. The van der Waals surface area contributed by atoms with E-state index in [1.54, 1.807) is 0 Å². The molecule has 1 aliphatic rings. The normalized spacial score (nSPS) is 13.6. The average molecular weight is 836 g/mol. The van der Waals surface area contributed by atoms with Crippen LogP contribution in [0, 0.1) is 72.8 Å². The van der Waals surface area contributed by atoms with E-state index < -0.39 is 0 Å². The molecule has 0 saturated heterocycles. The summed E-state index contributed by atoms with van der Waals surface area (Å²) < 4.78 is 1.42. The van der Waals surface area contributed by atoms with Crippen molar-refractivity contribution in [1.29, 1.82) is 0 Å². The van der Waals surface area contributed by atoms with Crippen LogP contribution in [0.3, 0.4) is 0 Å². The molecule has 0 aliphatic heterocycles. The van der Waals surface area contributed by atoms with Crippen LogP contribution in [-0.2, 0) is 24.2 Å². The van der Waals surface area contributed by atoms with Gasteiger partial charge in [0.2, 0.25) is 0 Å². The molecule has 1 heteroatoms. The zero-order valence-corrected chi connectivity index (χ0v) is 39.4. The first-order valence-corrected chi connectivity index (χ1v) is 22.1. The zero-order chi connectivity index (χ0) is 41.9. The second-order valence-corrected chi connectivity index (χ2v) is 18.8. The van der Waals surface area contributed by atoms with Crippen LogP contribution in [0.15, 0.2) is 133 Å². The summed E-state index contributed by atoms with van der Waals surface area (Å²) in [6.45, 7) is 26.4. The molecule has 0 nitrogen and oxygen atoms in total. The van der Waals surface area contributed by atoms with Crippen molar-refractivity contribution in [1.82, 2.24) is 0 Å². The van der Waals surface area contributed by atoms with Crippen LogP contribution >= 0.6 is 0 Å². The molecule has 292 valence electrons. The van der Waals surface area contributed by atoms with E-state index in [1.807, 2.05) is 0 Å². The fraction of sp³-hybridized carbons (Fsp3) is 0.263. The maximum atomic E-state index is 3.35. The van der Waals surface area contributed by atoms with Gasteiger partial charge in [0.1, 0.15) is 0 Å². The van der Waals surface area contributed by atoms with Gasteiger partial charge in [-0.1, -0.05) is 116 Å². The number of hydrogen-bond acceptors (Lipinski definition) is 0. The van der Waals surface area contributed by atoms with Gasteiger partial charge in [-0.05, 0) is 74.9 Å². The zero-order valence-electron chi connectivity index (χ0n) is 36.9. The average Bonchev–Trinajstić information content (AvgIpc) is 3.80. The number of allylic oxidation sites excluding steroid dienone is 4. The minimum atomic E-state index is 0.302. The van der Waals surface area contributed by atoms with Gasteiger partial charge >= 0.3 is 112 Å². The van der Waals surface area contributed by atoms with Gasteiger partial charge in [0, 0.05) is 0 Å². The molecule has 0 spiro atoms. The Balaban J connectivity index is 0.000000174. The van der Waals surface area contributed by atoms with Gasteiger partial charge in [0.25, 0.3) is 0 Å². The van der Waals surface area contributed by atoms with Gasteiger partial charge in [-0.3, -0.25) is 6.08 Å². The molecule has 1 aliphatic carbocycles. The number of rotatable bonds is 5. The first kappa shape index (κ1) is 43.0. The number of aryl methyl sites for hydroxylation is 8. The Morgan fingerprint density at radius 3 is 1.28 bits per heavy atom. The van der Waals surface area contributed by atoms with Crippen molar-refractivity contribution < 1.29 is 24.2 Å². The van der Waals surface area contributed by atoms with E-state index in [9.17, 15) is 0 Å². The van der Waals surface area contributed by atoms with Crippen molar-refractivity contribution >= 4 is 24.8 Å². The molecule has 8 rings (SSSR count). The van der Waals surface area contributed by atoms with Crippen LogP contribution in [0.5, 0.6) is 0 Å². The second-order valence-electron chi connectivity index (χ2n) is 17.6. The Morgan fingerprint density at radius 2 is 0.948 bits per heavy atom. The van der Waals surface area contributed by atoms with Crippen LogP contribution < -0.4 is 0 Å². The van der Waals surface area contributed by atoms with Crippen molar-refractivity contribution in [3.63, 3.8) is 0 Å². The number of fused-ring (bicyclic) bond motifs is 3. The van der Waals surface area contributed by atoms with E-state index >= 15 is 0 Å².